The molecule has 2 amide bonds. The zero-order valence-electron chi connectivity index (χ0n) is 32.5. The molecule has 1 fully saturated rings. The van der Waals surface area contributed by atoms with Gasteiger partial charge in [0.25, 0.3) is 11.8 Å². The molecule has 7 aromatic rings. The maximum absolute atomic E-state index is 13.5. The van der Waals surface area contributed by atoms with Gasteiger partial charge in [-0.1, -0.05) is 0 Å². The van der Waals surface area contributed by atoms with E-state index in [2.05, 4.69) is 103 Å². The third-order valence-electron chi connectivity index (χ3n) is 10.3. The van der Waals surface area contributed by atoms with Gasteiger partial charge in [-0.2, -0.15) is 0 Å². The molecule has 0 unspecified atom stereocenters. The van der Waals surface area contributed by atoms with Crippen LogP contribution in [-0.4, -0.2) is 31.8 Å². The Labute approximate surface area is 390 Å². The van der Waals surface area contributed by atoms with Gasteiger partial charge in [0.05, 0.1) is 36.8 Å². The molecule has 62 heavy (non-hydrogen) atoms. The zero-order chi connectivity index (χ0) is 43.1. The number of rotatable bonds is 10. The van der Waals surface area contributed by atoms with Gasteiger partial charge in [-0.15, -0.1) is 0 Å². The SMILES string of the molecule is Nc1ccc(Oc2ccc(N3CN(c4ccc(Oc5ccc(N)cc5)cc4)CN(c4ccc(Oc5ccc(N6C(=O)c7c(Br)c(Br)c(Br)c(Br)c7C6=O)cc5)cc4)C3)cc2)cc1. The molecule has 11 nitrogen and oxygen atoms in total. The number of fused-ring (bicyclic) bond motifs is 1. The number of hydrogen-bond donors (Lipinski definition) is 2. The van der Waals surface area contributed by atoms with Crippen molar-refractivity contribution in [1.29, 1.82) is 0 Å². The fourth-order valence-electron chi connectivity index (χ4n) is 7.14. The molecule has 0 bridgehead atoms. The molecule has 310 valence electrons. The quantitative estimate of drug-likeness (QED) is 0.0592. The number of imide groups is 1. The summed E-state index contributed by atoms with van der Waals surface area (Å²) in [6.45, 7) is 1.87. The highest BCUT2D eigenvalue weighted by atomic mass is 79.9. The number of nitrogens with zero attached hydrogens (tertiary/aromatic N) is 4. The van der Waals surface area contributed by atoms with Crippen molar-refractivity contribution in [3.63, 3.8) is 0 Å². The molecule has 2 heterocycles. The third-order valence-corrected chi connectivity index (χ3v) is 15.1. The molecule has 1 saturated heterocycles. The highest BCUT2D eigenvalue weighted by Gasteiger charge is 2.42. The van der Waals surface area contributed by atoms with Crippen LogP contribution in [0.2, 0.25) is 0 Å². The number of nitrogen functional groups attached to an aromatic ring is 2. The van der Waals surface area contributed by atoms with E-state index in [-0.39, 0.29) is 11.1 Å². The first-order chi connectivity index (χ1) is 30.0. The third kappa shape index (κ3) is 8.45. The number of nitrogens with two attached hydrogens (primary N) is 2. The molecule has 0 saturated carbocycles. The summed E-state index contributed by atoms with van der Waals surface area (Å²) in [5.74, 6) is 3.19. The van der Waals surface area contributed by atoms with Crippen LogP contribution in [0.15, 0.2) is 163 Å². The Kier molecular flexibility index (Phi) is 11.6. The lowest BCUT2D eigenvalue weighted by Gasteiger charge is -2.45. The first-order valence-corrected chi connectivity index (χ1v) is 22.3. The normalized spacial score (nSPS) is 13.7. The molecule has 7 aromatic carbocycles. The molecule has 15 heteroatoms. The Bertz CT molecular complexity index is 2650. The average Bonchev–Trinajstić information content (AvgIpc) is 3.56. The summed E-state index contributed by atoms with van der Waals surface area (Å²) in [7, 11) is 0. The van der Waals surface area contributed by atoms with E-state index in [0.29, 0.717) is 78.0 Å². The van der Waals surface area contributed by atoms with Gasteiger partial charge in [0, 0.05) is 46.3 Å². The van der Waals surface area contributed by atoms with E-state index in [1.807, 2.05) is 97.1 Å². The molecular formula is C47H34Br4N6O5. The highest BCUT2D eigenvalue weighted by molar-refractivity contribution is 9.15. The average molecular weight is 1080 g/mol. The summed E-state index contributed by atoms with van der Waals surface area (Å²) in [4.78, 5) is 35.1. The van der Waals surface area contributed by atoms with Gasteiger partial charge in [-0.25, -0.2) is 4.90 Å². The van der Waals surface area contributed by atoms with E-state index in [9.17, 15) is 9.59 Å². The van der Waals surface area contributed by atoms with Crippen LogP contribution in [0.4, 0.5) is 34.1 Å². The van der Waals surface area contributed by atoms with Crippen LogP contribution in [0.25, 0.3) is 0 Å². The smallest absolute Gasteiger partial charge is 0.267 e. The Hall–Kier alpha value is -6.00. The number of benzene rings is 7. The molecular weight excluding hydrogens is 1050 g/mol. The van der Waals surface area contributed by atoms with Crippen LogP contribution in [-0.2, 0) is 0 Å². The lowest BCUT2D eigenvalue weighted by atomic mass is 10.1. The maximum Gasteiger partial charge on any atom is 0.267 e. The minimum atomic E-state index is -0.425. The highest BCUT2D eigenvalue weighted by Crippen LogP contribution is 2.46. The number of carbonyl (C=O) groups excluding carboxylic acids is 2. The van der Waals surface area contributed by atoms with Crippen molar-refractivity contribution in [1.82, 2.24) is 0 Å². The van der Waals surface area contributed by atoms with Gasteiger partial charge >= 0.3 is 0 Å². The summed E-state index contributed by atoms with van der Waals surface area (Å²) >= 11 is 13.9. The van der Waals surface area contributed by atoms with Crippen LogP contribution < -0.4 is 45.3 Å². The minimum absolute atomic E-state index is 0.285. The number of halogens is 4. The van der Waals surface area contributed by atoms with Crippen molar-refractivity contribution in [3.05, 3.63) is 175 Å². The van der Waals surface area contributed by atoms with Gasteiger partial charge in [-0.05, 0) is 209 Å². The van der Waals surface area contributed by atoms with Crippen LogP contribution in [0.5, 0.6) is 34.5 Å². The summed E-state index contributed by atoms with van der Waals surface area (Å²) in [5, 5.41) is 0. The molecule has 0 aromatic heterocycles. The fraction of sp³-hybridized carbons (Fsp3) is 0.0638. The monoisotopic (exact) mass is 1080 g/mol. The minimum Gasteiger partial charge on any atom is -0.457 e. The van der Waals surface area contributed by atoms with E-state index in [4.69, 9.17) is 25.7 Å². The van der Waals surface area contributed by atoms with Gasteiger partial charge < -0.3 is 40.4 Å². The Balaban J connectivity index is 0.916. The van der Waals surface area contributed by atoms with Gasteiger partial charge in [0.15, 0.2) is 0 Å². The second-order valence-corrected chi connectivity index (χ2v) is 17.6. The number of ether oxygens (including phenoxy) is 3. The Morgan fingerprint density at radius 3 is 0.871 bits per heavy atom. The lowest BCUT2D eigenvalue weighted by Crippen LogP contribution is -2.55. The van der Waals surface area contributed by atoms with E-state index < -0.39 is 11.8 Å². The molecule has 0 radical (unpaired) electrons. The van der Waals surface area contributed by atoms with Crippen LogP contribution in [0.1, 0.15) is 20.7 Å². The maximum atomic E-state index is 13.5. The van der Waals surface area contributed by atoms with Gasteiger partial charge in [0.2, 0.25) is 0 Å². The van der Waals surface area contributed by atoms with Crippen molar-refractivity contribution in [2.24, 2.45) is 0 Å². The van der Waals surface area contributed by atoms with Crippen LogP contribution in [0.3, 0.4) is 0 Å². The predicted molar refractivity (Wildman–Crippen MR) is 258 cm³/mol. The van der Waals surface area contributed by atoms with Crippen molar-refractivity contribution in [2.45, 2.75) is 0 Å². The number of hydrogen-bond acceptors (Lipinski definition) is 10. The standard InChI is InChI=1S/C47H34Br4N6O5/c48-42-40-41(43(49)45(51)44(42)50)47(59)57(46(40)58)33-11-23-39(24-12-33)62-38-21-9-32(10-22-38)56-26-54(30-5-17-36(18-6-30)60-34-13-1-28(52)2-14-34)25-55(27-56)31-7-19-37(20-8-31)61-35-15-3-29(53)4-16-35/h1-24H,25-27,52-53H2. The van der Waals surface area contributed by atoms with E-state index in [1.165, 1.54) is 0 Å². The molecule has 0 aliphatic carbocycles. The van der Waals surface area contributed by atoms with E-state index in [0.717, 1.165) is 33.5 Å². The first kappa shape index (κ1) is 41.4. The van der Waals surface area contributed by atoms with E-state index >= 15 is 0 Å². The van der Waals surface area contributed by atoms with E-state index in [1.54, 1.807) is 24.3 Å². The van der Waals surface area contributed by atoms with Gasteiger partial charge in [0.1, 0.15) is 34.5 Å². The van der Waals surface area contributed by atoms with Crippen molar-refractivity contribution >= 4 is 110 Å². The molecule has 0 spiro atoms. The largest absolute Gasteiger partial charge is 0.457 e. The molecule has 4 N–H and O–H groups in total. The first-order valence-electron chi connectivity index (χ1n) is 19.1. The van der Waals surface area contributed by atoms with Crippen LogP contribution in [0, 0.1) is 0 Å². The van der Waals surface area contributed by atoms with Crippen molar-refractivity contribution in [3.8, 4) is 34.5 Å². The summed E-state index contributed by atoms with van der Waals surface area (Å²) in [5.41, 5.74) is 17.1. The number of anilines is 6. The van der Waals surface area contributed by atoms with Crippen LogP contribution >= 0.6 is 63.7 Å². The number of carbonyl (C=O) groups is 2. The Morgan fingerprint density at radius 2 is 0.597 bits per heavy atom. The van der Waals surface area contributed by atoms with Crippen molar-refractivity contribution in [2.75, 3.05) is 51.1 Å². The Morgan fingerprint density at radius 1 is 0.355 bits per heavy atom. The second-order valence-electron chi connectivity index (χ2n) is 14.4. The topological polar surface area (TPSA) is 127 Å². The van der Waals surface area contributed by atoms with Crippen molar-refractivity contribution < 1.29 is 23.8 Å². The molecule has 0 atom stereocenters. The lowest BCUT2D eigenvalue weighted by molar-refractivity contribution is 0.0925. The number of amides is 2. The van der Waals surface area contributed by atoms with Gasteiger partial charge in [-0.3, -0.25) is 9.59 Å². The summed E-state index contributed by atoms with van der Waals surface area (Å²) in [6, 6.07) is 45.5. The molecule has 9 rings (SSSR count). The summed E-state index contributed by atoms with van der Waals surface area (Å²) in [6.07, 6.45) is 0. The fourth-order valence-corrected chi connectivity index (χ4v) is 9.60. The molecule has 2 aliphatic rings. The predicted octanol–water partition coefficient (Wildman–Crippen LogP) is 12.8. The molecule has 2 aliphatic heterocycles. The second kappa shape index (κ2) is 17.4. The summed E-state index contributed by atoms with van der Waals surface area (Å²) < 4.78 is 20.7. The zero-order valence-corrected chi connectivity index (χ0v) is 38.8.